The van der Waals surface area contributed by atoms with Crippen molar-refractivity contribution in [2.45, 2.75) is 12.5 Å². The number of cyclic esters (lactones) is 1. The second-order valence-electron chi connectivity index (χ2n) is 6.12. The number of rotatable bonds is 4. The van der Waals surface area contributed by atoms with E-state index in [1.54, 1.807) is 6.07 Å². The lowest BCUT2D eigenvalue weighted by Gasteiger charge is -2.22. The van der Waals surface area contributed by atoms with Gasteiger partial charge in [-0.2, -0.15) is 0 Å². The standard InChI is InChI=1S/C18H18O7/c19-13-3-1-9(6-15(13)21)5-11-12(8-25-18(11)24)17(23)10-2-4-14(20)16(22)7-10/h1-4,6-7,11-12,17,19-23H,5,8H2/t11-,12+,17+/m1/s1. The number of aromatic hydroxyl groups is 4. The molecule has 1 heterocycles. The number of hydrogen-bond donors (Lipinski definition) is 5. The van der Waals surface area contributed by atoms with E-state index in [2.05, 4.69) is 0 Å². The van der Waals surface area contributed by atoms with Gasteiger partial charge in [0.2, 0.25) is 0 Å². The largest absolute Gasteiger partial charge is 0.504 e. The zero-order valence-electron chi connectivity index (χ0n) is 13.2. The molecule has 1 saturated heterocycles. The Labute approximate surface area is 143 Å². The predicted octanol–water partition coefficient (Wildman–Crippen LogP) is 1.57. The number of ether oxygens (including phenoxy) is 1. The minimum absolute atomic E-state index is 0.0242. The molecular formula is C18H18O7. The van der Waals surface area contributed by atoms with Gasteiger partial charge in [-0.15, -0.1) is 0 Å². The first-order chi connectivity index (χ1) is 11.9. The summed E-state index contributed by atoms with van der Waals surface area (Å²) in [5.41, 5.74) is 0.974. The molecule has 0 aromatic heterocycles. The van der Waals surface area contributed by atoms with Gasteiger partial charge in [0.25, 0.3) is 0 Å². The van der Waals surface area contributed by atoms with Crippen LogP contribution in [-0.4, -0.2) is 38.1 Å². The number of hydrogen-bond acceptors (Lipinski definition) is 7. The number of aliphatic hydroxyl groups is 1. The molecule has 0 aliphatic carbocycles. The Morgan fingerprint density at radius 2 is 1.60 bits per heavy atom. The lowest BCUT2D eigenvalue weighted by molar-refractivity contribution is -0.141. The number of esters is 1. The van der Waals surface area contributed by atoms with Gasteiger partial charge < -0.3 is 30.3 Å². The Balaban J connectivity index is 1.83. The molecule has 2 aromatic rings. The molecule has 25 heavy (non-hydrogen) atoms. The molecular weight excluding hydrogens is 328 g/mol. The number of aliphatic hydroxyl groups excluding tert-OH is 1. The zero-order chi connectivity index (χ0) is 18.1. The second-order valence-corrected chi connectivity index (χ2v) is 6.12. The maximum atomic E-state index is 12.1. The molecule has 132 valence electrons. The first-order valence-electron chi connectivity index (χ1n) is 7.74. The highest BCUT2D eigenvalue weighted by Gasteiger charge is 2.41. The van der Waals surface area contributed by atoms with Crippen molar-refractivity contribution in [3.05, 3.63) is 47.5 Å². The number of carbonyl (C=O) groups is 1. The van der Waals surface area contributed by atoms with Gasteiger partial charge in [0, 0.05) is 5.92 Å². The van der Waals surface area contributed by atoms with E-state index in [-0.39, 0.29) is 36.0 Å². The van der Waals surface area contributed by atoms with E-state index in [1.165, 1.54) is 30.3 Å². The maximum absolute atomic E-state index is 12.1. The molecule has 0 amide bonds. The monoisotopic (exact) mass is 346 g/mol. The Morgan fingerprint density at radius 1 is 0.960 bits per heavy atom. The van der Waals surface area contributed by atoms with Crippen LogP contribution in [0.1, 0.15) is 17.2 Å². The molecule has 0 bridgehead atoms. The third kappa shape index (κ3) is 3.32. The summed E-state index contributed by atoms with van der Waals surface area (Å²) in [6.45, 7) is 0.0242. The van der Waals surface area contributed by atoms with E-state index >= 15 is 0 Å². The summed E-state index contributed by atoms with van der Waals surface area (Å²) in [7, 11) is 0. The Kier molecular flexibility index (Phi) is 4.41. The van der Waals surface area contributed by atoms with Crippen molar-refractivity contribution < 1.29 is 35.1 Å². The van der Waals surface area contributed by atoms with Crippen molar-refractivity contribution >= 4 is 5.97 Å². The van der Waals surface area contributed by atoms with Crippen molar-refractivity contribution in [1.29, 1.82) is 0 Å². The highest BCUT2D eigenvalue weighted by molar-refractivity contribution is 5.75. The second kappa shape index (κ2) is 6.52. The van der Waals surface area contributed by atoms with E-state index < -0.39 is 23.9 Å². The fourth-order valence-electron chi connectivity index (χ4n) is 3.04. The normalized spacial score (nSPS) is 21.1. The minimum Gasteiger partial charge on any atom is -0.504 e. The molecule has 7 nitrogen and oxygen atoms in total. The van der Waals surface area contributed by atoms with Gasteiger partial charge in [0.1, 0.15) is 0 Å². The topological polar surface area (TPSA) is 127 Å². The molecule has 5 N–H and O–H groups in total. The van der Waals surface area contributed by atoms with Gasteiger partial charge in [-0.25, -0.2) is 0 Å². The Hall–Kier alpha value is -2.93. The lowest BCUT2D eigenvalue weighted by Crippen LogP contribution is -2.24. The molecule has 3 atom stereocenters. The molecule has 1 fully saturated rings. The quantitative estimate of drug-likeness (QED) is 0.420. The van der Waals surface area contributed by atoms with E-state index in [0.29, 0.717) is 11.1 Å². The van der Waals surface area contributed by atoms with Crippen molar-refractivity contribution in [1.82, 2.24) is 0 Å². The van der Waals surface area contributed by atoms with Gasteiger partial charge in [-0.05, 0) is 41.8 Å². The molecule has 0 saturated carbocycles. The summed E-state index contributed by atoms with van der Waals surface area (Å²) in [5.74, 6) is -2.85. The van der Waals surface area contributed by atoms with Crippen LogP contribution in [0.4, 0.5) is 0 Å². The summed E-state index contributed by atoms with van der Waals surface area (Å²) < 4.78 is 5.08. The van der Waals surface area contributed by atoms with Gasteiger partial charge >= 0.3 is 5.97 Å². The maximum Gasteiger partial charge on any atom is 0.309 e. The fourth-order valence-corrected chi connectivity index (χ4v) is 3.04. The van der Waals surface area contributed by atoms with E-state index in [9.17, 15) is 30.3 Å². The van der Waals surface area contributed by atoms with Crippen LogP contribution in [0, 0.1) is 11.8 Å². The zero-order valence-corrected chi connectivity index (χ0v) is 13.2. The van der Waals surface area contributed by atoms with E-state index in [0.717, 1.165) is 0 Å². The first kappa shape index (κ1) is 16.9. The number of phenols is 4. The third-order valence-electron chi connectivity index (χ3n) is 4.48. The number of carbonyl (C=O) groups excluding carboxylic acids is 1. The average Bonchev–Trinajstić information content (AvgIpc) is 2.94. The van der Waals surface area contributed by atoms with Crippen LogP contribution in [0.2, 0.25) is 0 Å². The Bertz CT molecular complexity index is 802. The molecule has 1 aliphatic rings. The van der Waals surface area contributed by atoms with Crippen LogP contribution in [0.15, 0.2) is 36.4 Å². The van der Waals surface area contributed by atoms with Crippen molar-refractivity contribution in [2.24, 2.45) is 11.8 Å². The highest BCUT2D eigenvalue weighted by Crippen LogP contribution is 2.38. The van der Waals surface area contributed by atoms with Crippen LogP contribution in [-0.2, 0) is 16.0 Å². The summed E-state index contributed by atoms with van der Waals surface area (Å²) in [6, 6.07) is 8.23. The summed E-state index contributed by atoms with van der Waals surface area (Å²) >= 11 is 0. The highest BCUT2D eigenvalue weighted by atomic mass is 16.5. The predicted molar refractivity (Wildman–Crippen MR) is 86.1 cm³/mol. The molecule has 7 heteroatoms. The van der Waals surface area contributed by atoms with Crippen LogP contribution >= 0.6 is 0 Å². The fraction of sp³-hybridized carbons (Fsp3) is 0.278. The van der Waals surface area contributed by atoms with Crippen LogP contribution < -0.4 is 0 Å². The molecule has 1 aliphatic heterocycles. The van der Waals surface area contributed by atoms with Crippen LogP contribution in [0.3, 0.4) is 0 Å². The van der Waals surface area contributed by atoms with Gasteiger partial charge in [0.05, 0.1) is 18.6 Å². The average molecular weight is 346 g/mol. The molecule has 3 rings (SSSR count). The van der Waals surface area contributed by atoms with Crippen molar-refractivity contribution in [3.8, 4) is 23.0 Å². The summed E-state index contributed by atoms with van der Waals surface area (Å²) in [5, 5.41) is 48.5. The number of benzene rings is 2. The summed E-state index contributed by atoms with van der Waals surface area (Å²) in [4.78, 5) is 12.1. The van der Waals surface area contributed by atoms with Gasteiger partial charge in [-0.1, -0.05) is 12.1 Å². The molecule has 0 spiro atoms. The first-order valence-corrected chi connectivity index (χ1v) is 7.74. The Morgan fingerprint density at radius 3 is 2.24 bits per heavy atom. The summed E-state index contributed by atoms with van der Waals surface area (Å²) in [6.07, 6.45) is -0.855. The third-order valence-corrected chi connectivity index (χ3v) is 4.48. The van der Waals surface area contributed by atoms with Crippen LogP contribution in [0.5, 0.6) is 23.0 Å². The SMILES string of the molecule is O=C1OC[C@H]([C@@H](O)c2ccc(O)c(O)c2)[C@H]1Cc1ccc(O)c(O)c1. The number of phenolic OH excluding ortho intramolecular Hbond substituents is 4. The van der Waals surface area contributed by atoms with Crippen molar-refractivity contribution in [2.75, 3.05) is 6.61 Å². The molecule has 0 unspecified atom stereocenters. The van der Waals surface area contributed by atoms with Gasteiger partial charge in [-0.3, -0.25) is 4.79 Å². The lowest BCUT2D eigenvalue weighted by atomic mass is 9.83. The van der Waals surface area contributed by atoms with Gasteiger partial charge in [0.15, 0.2) is 23.0 Å². The van der Waals surface area contributed by atoms with Crippen molar-refractivity contribution in [3.63, 3.8) is 0 Å². The smallest absolute Gasteiger partial charge is 0.309 e. The minimum atomic E-state index is -1.08. The van der Waals surface area contributed by atoms with Crippen LogP contribution in [0.25, 0.3) is 0 Å². The molecule has 0 radical (unpaired) electrons. The van der Waals surface area contributed by atoms with E-state index in [4.69, 9.17) is 4.74 Å². The van der Waals surface area contributed by atoms with E-state index in [1.807, 2.05) is 0 Å². The molecule has 2 aromatic carbocycles.